The summed E-state index contributed by atoms with van der Waals surface area (Å²) in [6, 6.07) is 16.6. The number of carbonyl (C=O) groups excluding carboxylic acids is 1. The number of piperidine rings is 1. The van der Waals surface area contributed by atoms with E-state index in [0.29, 0.717) is 11.7 Å². The zero-order chi connectivity index (χ0) is 17.9. The van der Waals surface area contributed by atoms with E-state index in [0.717, 1.165) is 43.8 Å². The van der Waals surface area contributed by atoms with Crippen LogP contribution >= 0.6 is 12.4 Å². The Morgan fingerprint density at radius 1 is 1.07 bits per heavy atom. The molecule has 0 bridgehead atoms. The highest BCUT2D eigenvalue weighted by Crippen LogP contribution is 2.35. The highest BCUT2D eigenvalue weighted by molar-refractivity contribution is 6.02. The van der Waals surface area contributed by atoms with Gasteiger partial charge in [0.05, 0.1) is 7.11 Å². The monoisotopic (exact) mass is 385 g/mol. The summed E-state index contributed by atoms with van der Waals surface area (Å²) in [4.78, 5) is 15.3. The Bertz CT molecular complexity index is 769. The van der Waals surface area contributed by atoms with Gasteiger partial charge in [-0.1, -0.05) is 30.3 Å². The number of hydrogen-bond donors (Lipinski definition) is 0. The number of halogens is 1. The van der Waals surface area contributed by atoms with Crippen LogP contribution in [0, 0.1) is 11.8 Å². The Kier molecular flexibility index (Phi) is 6.56. The average molecular weight is 386 g/mol. The molecule has 1 saturated heterocycles. The summed E-state index contributed by atoms with van der Waals surface area (Å²) < 4.78 is 5.30. The quantitative estimate of drug-likeness (QED) is 0.742. The maximum atomic E-state index is 12.7. The van der Waals surface area contributed by atoms with Crippen LogP contribution < -0.4 is 4.74 Å². The molecule has 0 N–H and O–H groups in total. The molecular formula is C23H28ClNO2. The van der Waals surface area contributed by atoms with E-state index < -0.39 is 0 Å². The van der Waals surface area contributed by atoms with Gasteiger partial charge in [0.2, 0.25) is 0 Å². The Morgan fingerprint density at radius 2 is 1.81 bits per heavy atom. The highest BCUT2D eigenvalue weighted by Gasteiger charge is 2.33. The number of carbonyl (C=O) groups is 1. The molecule has 1 atom stereocenters. The molecule has 0 spiro atoms. The van der Waals surface area contributed by atoms with Crippen LogP contribution in [0.2, 0.25) is 0 Å². The van der Waals surface area contributed by atoms with Crippen LogP contribution in [0.3, 0.4) is 0 Å². The average Bonchev–Trinajstić information content (AvgIpc) is 2.99. The number of ether oxygens (including phenoxy) is 1. The van der Waals surface area contributed by atoms with Gasteiger partial charge < -0.3 is 4.74 Å². The first-order valence-corrected chi connectivity index (χ1v) is 9.70. The number of methoxy groups -OCH3 is 1. The molecule has 1 fully saturated rings. The van der Waals surface area contributed by atoms with E-state index >= 15 is 0 Å². The molecule has 0 radical (unpaired) electrons. The molecule has 1 aliphatic heterocycles. The van der Waals surface area contributed by atoms with Gasteiger partial charge in [-0.25, -0.2) is 0 Å². The molecule has 2 aromatic carbocycles. The summed E-state index contributed by atoms with van der Waals surface area (Å²) in [5.74, 6) is 2.04. The number of Topliss-reactive ketones (excluding diaryl/α,β-unsaturated/α-hetero) is 1. The number of rotatable bonds is 5. The highest BCUT2D eigenvalue weighted by atomic mass is 35.5. The molecule has 1 unspecified atom stereocenters. The normalized spacial score (nSPS) is 20.2. The molecule has 0 amide bonds. The maximum absolute atomic E-state index is 12.7. The third-order valence-electron chi connectivity index (χ3n) is 5.99. The van der Waals surface area contributed by atoms with Crippen molar-refractivity contribution in [3.8, 4) is 5.75 Å². The maximum Gasteiger partial charge on any atom is 0.166 e. The summed E-state index contributed by atoms with van der Waals surface area (Å²) in [5.41, 5.74) is 3.47. The minimum absolute atomic E-state index is 0. The lowest BCUT2D eigenvalue weighted by molar-refractivity contribution is 0.0896. The molecule has 2 aromatic rings. The van der Waals surface area contributed by atoms with Gasteiger partial charge in [-0.15, -0.1) is 12.4 Å². The number of likely N-dealkylation sites (tertiary alicyclic amines) is 1. The van der Waals surface area contributed by atoms with Gasteiger partial charge in [0.25, 0.3) is 0 Å². The van der Waals surface area contributed by atoms with Crippen molar-refractivity contribution < 1.29 is 9.53 Å². The summed E-state index contributed by atoms with van der Waals surface area (Å²) >= 11 is 0. The Hall–Kier alpha value is -1.84. The molecule has 1 aliphatic carbocycles. The molecule has 4 rings (SSSR count). The summed E-state index contributed by atoms with van der Waals surface area (Å²) in [6.07, 6.45) is 4.33. The third-order valence-corrected chi connectivity index (χ3v) is 5.99. The van der Waals surface area contributed by atoms with Gasteiger partial charge in [0, 0.05) is 18.0 Å². The van der Waals surface area contributed by atoms with Gasteiger partial charge in [0.1, 0.15) is 5.75 Å². The predicted octanol–water partition coefficient (Wildman–Crippen LogP) is 4.77. The minimum Gasteiger partial charge on any atom is -0.497 e. The molecule has 4 heteroatoms. The topological polar surface area (TPSA) is 29.5 Å². The second kappa shape index (κ2) is 8.90. The zero-order valence-corrected chi connectivity index (χ0v) is 16.7. The Balaban J connectivity index is 0.00000210. The van der Waals surface area contributed by atoms with E-state index in [2.05, 4.69) is 35.2 Å². The van der Waals surface area contributed by atoms with Crippen LogP contribution in [0.4, 0.5) is 0 Å². The van der Waals surface area contributed by atoms with E-state index in [1.165, 1.54) is 24.0 Å². The Labute approximate surface area is 168 Å². The summed E-state index contributed by atoms with van der Waals surface area (Å²) in [6.45, 7) is 3.32. The van der Waals surface area contributed by atoms with Crippen molar-refractivity contribution in [2.45, 2.75) is 32.2 Å². The first kappa shape index (κ1) is 19.9. The second-order valence-corrected chi connectivity index (χ2v) is 7.73. The van der Waals surface area contributed by atoms with E-state index in [1.807, 2.05) is 18.2 Å². The van der Waals surface area contributed by atoms with Gasteiger partial charge in [-0.2, -0.15) is 0 Å². The minimum atomic E-state index is 0. The smallest absolute Gasteiger partial charge is 0.166 e. The van der Waals surface area contributed by atoms with Gasteiger partial charge in [0.15, 0.2) is 5.78 Å². The van der Waals surface area contributed by atoms with Crippen molar-refractivity contribution in [3.05, 3.63) is 65.2 Å². The van der Waals surface area contributed by atoms with Crippen LogP contribution in [0.5, 0.6) is 5.75 Å². The van der Waals surface area contributed by atoms with Crippen LogP contribution in [0.15, 0.2) is 48.5 Å². The fourth-order valence-electron chi connectivity index (χ4n) is 4.50. The fraction of sp³-hybridized carbons (Fsp3) is 0.435. The van der Waals surface area contributed by atoms with Crippen molar-refractivity contribution in [1.29, 1.82) is 0 Å². The lowest BCUT2D eigenvalue weighted by Gasteiger charge is -2.32. The molecule has 3 nitrogen and oxygen atoms in total. The lowest BCUT2D eigenvalue weighted by atomic mass is 9.85. The lowest BCUT2D eigenvalue weighted by Crippen LogP contribution is -2.34. The van der Waals surface area contributed by atoms with Crippen molar-refractivity contribution in [3.63, 3.8) is 0 Å². The second-order valence-electron chi connectivity index (χ2n) is 7.73. The van der Waals surface area contributed by atoms with E-state index in [-0.39, 0.29) is 18.3 Å². The standard InChI is InChI=1S/C23H27NO2.ClH/c1-26-21-7-8-22-19(15-21)14-20(23(22)25)13-17-9-11-24(12-10-17)16-18-5-3-2-4-6-18;/h2-8,15,17,20H,9-14,16H2,1H3;1H. The van der Waals surface area contributed by atoms with Crippen molar-refractivity contribution in [2.24, 2.45) is 11.8 Å². The van der Waals surface area contributed by atoms with E-state index in [1.54, 1.807) is 7.11 Å². The fourth-order valence-corrected chi connectivity index (χ4v) is 4.50. The van der Waals surface area contributed by atoms with E-state index in [4.69, 9.17) is 4.74 Å². The molecular weight excluding hydrogens is 358 g/mol. The van der Waals surface area contributed by atoms with Crippen LogP contribution in [-0.2, 0) is 13.0 Å². The molecule has 144 valence electrons. The first-order chi connectivity index (χ1) is 12.7. The molecule has 0 saturated carbocycles. The first-order valence-electron chi connectivity index (χ1n) is 9.70. The van der Waals surface area contributed by atoms with E-state index in [9.17, 15) is 4.79 Å². The number of fused-ring (bicyclic) bond motifs is 1. The van der Waals surface area contributed by atoms with Crippen LogP contribution in [0.1, 0.15) is 40.7 Å². The Morgan fingerprint density at radius 3 is 2.52 bits per heavy atom. The number of hydrogen-bond acceptors (Lipinski definition) is 3. The number of benzene rings is 2. The molecule has 2 aliphatic rings. The SMILES string of the molecule is COc1ccc2c(c1)CC(CC1CCN(Cc3ccccc3)CC1)C2=O.Cl. The predicted molar refractivity (Wildman–Crippen MR) is 111 cm³/mol. The third kappa shape index (κ3) is 4.53. The zero-order valence-electron chi connectivity index (χ0n) is 15.9. The summed E-state index contributed by atoms with van der Waals surface area (Å²) in [7, 11) is 1.68. The van der Waals surface area contributed by atoms with Crippen molar-refractivity contribution >= 4 is 18.2 Å². The molecule has 1 heterocycles. The van der Waals surface area contributed by atoms with Crippen molar-refractivity contribution in [2.75, 3.05) is 20.2 Å². The summed E-state index contributed by atoms with van der Waals surface area (Å²) in [5, 5.41) is 0. The van der Waals surface area contributed by atoms with Gasteiger partial charge >= 0.3 is 0 Å². The van der Waals surface area contributed by atoms with Crippen LogP contribution in [-0.4, -0.2) is 30.9 Å². The van der Waals surface area contributed by atoms with Crippen molar-refractivity contribution in [1.82, 2.24) is 4.90 Å². The largest absolute Gasteiger partial charge is 0.497 e. The van der Waals surface area contributed by atoms with Crippen LogP contribution in [0.25, 0.3) is 0 Å². The molecule has 27 heavy (non-hydrogen) atoms. The van der Waals surface area contributed by atoms with Gasteiger partial charge in [-0.05, 0) is 74.0 Å². The number of ketones is 1. The molecule has 0 aromatic heterocycles. The van der Waals surface area contributed by atoms with Gasteiger partial charge in [-0.3, -0.25) is 9.69 Å². The number of nitrogens with zero attached hydrogens (tertiary/aromatic N) is 1.